The molecule has 3 nitrogen and oxygen atoms in total. The van der Waals surface area contributed by atoms with Crippen molar-refractivity contribution in [2.24, 2.45) is 0 Å². The number of carbonyl (C=O) groups is 1. The Morgan fingerprint density at radius 1 is 1.27 bits per heavy atom. The first-order chi connectivity index (χ1) is 10.5. The fourth-order valence-electron chi connectivity index (χ4n) is 2.48. The van der Waals surface area contributed by atoms with Crippen LogP contribution in [0.3, 0.4) is 0 Å². The molecule has 1 unspecified atom stereocenters. The molecule has 1 atom stereocenters. The maximum absolute atomic E-state index is 11.5. The number of amides is 1. The van der Waals surface area contributed by atoms with E-state index in [0.29, 0.717) is 29.7 Å². The predicted molar refractivity (Wildman–Crippen MR) is 90.7 cm³/mol. The highest BCUT2D eigenvalue weighted by Crippen LogP contribution is 2.36. The molecule has 1 aliphatic rings. The van der Waals surface area contributed by atoms with Crippen molar-refractivity contribution in [3.8, 4) is 10.4 Å². The third-order valence-electron chi connectivity index (χ3n) is 3.60. The van der Waals surface area contributed by atoms with E-state index in [-0.39, 0.29) is 12.0 Å². The van der Waals surface area contributed by atoms with Crippen molar-refractivity contribution in [1.29, 1.82) is 0 Å². The van der Waals surface area contributed by atoms with Gasteiger partial charge in [0.1, 0.15) is 6.10 Å². The summed E-state index contributed by atoms with van der Waals surface area (Å²) in [5.74, 6) is 0.0895. The largest absolute Gasteiger partial charge is 0.369 e. The van der Waals surface area contributed by atoms with E-state index in [0.717, 1.165) is 15.3 Å². The van der Waals surface area contributed by atoms with Crippen molar-refractivity contribution >= 4 is 40.4 Å². The number of nitrogens with zero attached hydrogens (tertiary/aromatic N) is 1. The van der Waals surface area contributed by atoms with Gasteiger partial charge in [0.05, 0.1) is 13.2 Å². The number of halogens is 2. The second-order valence-electron chi connectivity index (χ2n) is 5.18. The summed E-state index contributed by atoms with van der Waals surface area (Å²) >= 11 is 13.8. The first-order valence-electron chi connectivity index (χ1n) is 6.96. The molecule has 6 heteroatoms. The Hall–Kier alpha value is -1.07. The second-order valence-corrected chi connectivity index (χ2v) is 7.17. The van der Waals surface area contributed by atoms with Crippen LogP contribution < -0.4 is 0 Å². The Balaban J connectivity index is 1.82. The molecule has 0 aliphatic carbocycles. The van der Waals surface area contributed by atoms with Gasteiger partial charge in [0.15, 0.2) is 0 Å². The minimum absolute atomic E-state index is 0.0638. The Kier molecular flexibility index (Phi) is 4.73. The van der Waals surface area contributed by atoms with Gasteiger partial charge in [-0.1, -0.05) is 23.2 Å². The van der Waals surface area contributed by atoms with Crippen LogP contribution in [-0.4, -0.2) is 30.5 Å². The molecule has 22 heavy (non-hydrogen) atoms. The van der Waals surface area contributed by atoms with Crippen LogP contribution in [-0.2, 0) is 9.53 Å². The van der Waals surface area contributed by atoms with Crippen molar-refractivity contribution in [3.05, 3.63) is 45.3 Å². The van der Waals surface area contributed by atoms with Crippen LogP contribution in [0.4, 0.5) is 0 Å². The van der Waals surface area contributed by atoms with Crippen molar-refractivity contribution in [1.82, 2.24) is 4.90 Å². The zero-order valence-corrected chi connectivity index (χ0v) is 14.3. The van der Waals surface area contributed by atoms with Gasteiger partial charge < -0.3 is 9.64 Å². The molecule has 0 bridgehead atoms. The van der Waals surface area contributed by atoms with E-state index in [4.69, 9.17) is 27.9 Å². The standard InChI is InChI=1S/C16H15Cl2NO2S/c1-10(20)19-4-5-21-14(9-19)16-3-2-15(22-16)11-6-12(17)8-13(18)7-11/h2-3,6-8,14H,4-5,9H2,1H3. The molecule has 116 valence electrons. The van der Waals surface area contributed by atoms with E-state index in [1.165, 1.54) is 0 Å². The number of rotatable bonds is 2. The lowest BCUT2D eigenvalue weighted by molar-refractivity contribution is -0.136. The predicted octanol–water partition coefficient (Wildman–Crippen LogP) is 4.64. The van der Waals surface area contributed by atoms with Gasteiger partial charge in [0, 0.05) is 33.3 Å². The van der Waals surface area contributed by atoms with Crippen LogP contribution in [0.5, 0.6) is 0 Å². The summed E-state index contributed by atoms with van der Waals surface area (Å²) in [5.41, 5.74) is 0.994. The molecule has 1 aromatic heterocycles. The molecule has 1 aliphatic heterocycles. The summed E-state index contributed by atoms with van der Waals surface area (Å²) in [6, 6.07) is 9.59. The summed E-state index contributed by atoms with van der Waals surface area (Å²) < 4.78 is 5.81. The highest BCUT2D eigenvalue weighted by Gasteiger charge is 2.24. The van der Waals surface area contributed by atoms with Gasteiger partial charge in [0.2, 0.25) is 5.91 Å². The topological polar surface area (TPSA) is 29.5 Å². The molecule has 0 N–H and O–H groups in total. The summed E-state index contributed by atoms with van der Waals surface area (Å²) in [6.07, 6.45) is -0.0638. The van der Waals surface area contributed by atoms with Crippen molar-refractivity contribution in [2.45, 2.75) is 13.0 Å². The first-order valence-corrected chi connectivity index (χ1v) is 8.53. The Labute approximate surface area is 143 Å². The average molecular weight is 356 g/mol. The molecule has 3 rings (SSSR count). The summed E-state index contributed by atoms with van der Waals surface area (Å²) in [6.45, 7) is 3.43. The van der Waals surface area contributed by atoms with Gasteiger partial charge in [-0.2, -0.15) is 0 Å². The normalized spacial score (nSPS) is 18.5. The van der Waals surface area contributed by atoms with Crippen molar-refractivity contribution in [3.63, 3.8) is 0 Å². The molecular weight excluding hydrogens is 341 g/mol. The van der Waals surface area contributed by atoms with Crippen LogP contribution in [0.2, 0.25) is 10.0 Å². The molecule has 1 saturated heterocycles. The molecule has 1 fully saturated rings. The number of hydrogen-bond acceptors (Lipinski definition) is 3. The van der Waals surface area contributed by atoms with Gasteiger partial charge in [-0.05, 0) is 35.9 Å². The fourth-order valence-corrected chi connectivity index (χ4v) is 4.05. The zero-order valence-electron chi connectivity index (χ0n) is 12.0. The third kappa shape index (κ3) is 3.46. The van der Waals surface area contributed by atoms with Crippen molar-refractivity contribution < 1.29 is 9.53 Å². The summed E-state index contributed by atoms with van der Waals surface area (Å²) in [7, 11) is 0. The molecule has 0 radical (unpaired) electrons. The Bertz CT molecular complexity index is 681. The number of carbonyl (C=O) groups excluding carboxylic acids is 1. The maximum atomic E-state index is 11.5. The minimum atomic E-state index is -0.0638. The molecule has 1 amide bonds. The van der Waals surface area contributed by atoms with Gasteiger partial charge in [-0.25, -0.2) is 0 Å². The van der Waals surface area contributed by atoms with Crippen LogP contribution >= 0.6 is 34.5 Å². The smallest absolute Gasteiger partial charge is 0.219 e. The second kappa shape index (κ2) is 6.59. The number of thiophene rings is 1. The van der Waals surface area contributed by atoms with Crippen LogP contribution in [0.15, 0.2) is 30.3 Å². The number of morpholine rings is 1. The summed E-state index contributed by atoms with van der Waals surface area (Å²) in [4.78, 5) is 15.5. The number of ether oxygens (including phenoxy) is 1. The van der Waals surface area contributed by atoms with E-state index < -0.39 is 0 Å². The molecule has 0 saturated carbocycles. The van der Waals surface area contributed by atoms with E-state index in [1.807, 2.05) is 29.2 Å². The highest BCUT2D eigenvalue weighted by atomic mass is 35.5. The van der Waals surface area contributed by atoms with E-state index in [2.05, 4.69) is 0 Å². The Morgan fingerprint density at radius 3 is 2.68 bits per heavy atom. The summed E-state index contributed by atoms with van der Waals surface area (Å²) in [5, 5.41) is 1.24. The zero-order chi connectivity index (χ0) is 15.7. The van der Waals surface area contributed by atoms with E-state index in [1.54, 1.807) is 24.3 Å². The SMILES string of the molecule is CC(=O)N1CCOC(c2ccc(-c3cc(Cl)cc(Cl)c3)s2)C1. The first kappa shape index (κ1) is 15.8. The van der Waals surface area contributed by atoms with Crippen LogP contribution in [0, 0.1) is 0 Å². The number of hydrogen-bond donors (Lipinski definition) is 0. The van der Waals surface area contributed by atoms with Gasteiger partial charge in [-0.3, -0.25) is 4.79 Å². The lowest BCUT2D eigenvalue weighted by atomic mass is 10.2. The average Bonchev–Trinajstić information content (AvgIpc) is 2.96. The lowest BCUT2D eigenvalue weighted by Crippen LogP contribution is -2.40. The Morgan fingerprint density at radius 2 is 2.00 bits per heavy atom. The van der Waals surface area contributed by atoms with Crippen LogP contribution in [0.1, 0.15) is 17.9 Å². The monoisotopic (exact) mass is 355 g/mol. The maximum Gasteiger partial charge on any atom is 0.219 e. The molecule has 2 heterocycles. The molecule has 1 aromatic carbocycles. The quantitative estimate of drug-likeness (QED) is 0.784. The van der Waals surface area contributed by atoms with Crippen molar-refractivity contribution in [2.75, 3.05) is 19.7 Å². The number of benzene rings is 1. The lowest BCUT2D eigenvalue weighted by Gasteiger charge is -2.31. The van der Waals surface area contributed by atoms with Crippen LogP contribution in [0.25, 0.3) is 10.4 Å². The van der Waals surface area contributed by atoms with E-state index >= 15 is 0 Å². The molecular formula is C16H15Cl2NO2S. The minimum Gasteiger partial charge on any atom is -0.369 e. The van der Waals surface area contributed by atoms with Gasteiger partial charge in [0.25, 0.3) is 0 Å². The van der Waals surface area contributed by atoms with Gasteiger partial charge >= 0.3 is 0 Å². The third-order valence-corrected chi connectivity index (χ3v) is 5.27. The molecule has 0 spiro atoms. The fraction of sp³-hybridized carbons (Fsp3) is 0.312. The highest BCUT2D eigenvalue weighted by molar-refractivity contribution is 7.15. The van der Waals surface area contributed by atoms with E-state index in [9.17, 15) is 4.79 Å². The van der Waals surface area contributed by atoms with Gasteiger partial charge in [-0.15, -0.1) is 11.3 Å². The molecule has 2 aromatic rings.